The Kier molecular flexibility index (Phi) is 7.73. The van der Waals surface area contributed by atoms with Gasteiger partial charge in [-0.2, -0.15) is 0 Å². The molecule has 0 saturated heterocycles. The number of methoxy groups -OCH3 is 3. The number of phenolic OH excluding ortho intramolecular Hbond substituents is 1. The van der Waals surface area contributed by atoms with Gasteiger partial charge in [-0.3, -0.25) is 0 Å². The summed E-state index contributed by atoms with van der Waals surface area (Å²) in [6, 6.07) is 9.31. The van der Waals surface area contributed by atoms with Crippen LogP contribution in [0, 0.1) is 5.92 Å². The van der Waals surface area contributed by atoms with E-state index in [0.717, 1.165) is 29.6 Å². The van der Waals surface area contributed by atoms with Gasteiger partial charge in [0.25, 0.3) is 0 Å². The molecular formula is C23H30O5. The highest BCUT2D eigenvalue weighted by Gasteiger charge is 2.26. The first-order valence-corrected chi connectivity index (χ1v) is 9.51. The molecule has 2 aromatic carbocycles. The van der Waals surface area contributed by atoms with E-state index in [9.17, 15) is 9.90 Å². The number of ether oxygens (including phenoxy) is 3. The molecule has 2 aromatic rings. The van der Waals surface area contributed by atoms with Gasteiger partial charge < -0.3 is 24.1 Å². The molecule has 0 aliphatic rings. The smallest absolute Gasteiger partial charge is 0.130 e. The fourth-order valence-electron chi connectivity index (χ4n) is 3.40. The van der Waals surface area contributed by atoms with E-state index in [4.69, 9.17) is 14.2 Å². The number of rotatable bonds is 10. The normalized spacial score (nSPS) is 11.9. The van der Waals surface area contributed by atoms with Gasteiger partial charge in [0.2, 0.25) is 0 Å². The minimum absolute atomic E-state index is 0.138. The largest absolute Gasteiger partial charge is 0.507 e. The molecule has 0 fully saturated rings. The number of carbonyl (C=O) groups excluding carboxylic acids is 1. The zero-order valence-corrected chi connectivity index (χ0v) is 17.3. The number of phenols is 1. The Bertz CT molecular complexity index is 781. The Hall–Kier alpha value is -2.69. The van der Waals surface area contributed by atoms with Crippen molar-refractivity contribution in [3.8, 4) is 23.0 Å². The van der Waals surface area contributed by atoms with Crippen LogP contribution >= 0.6 is 0 Å². The van der Waals surface area contributed by atoms with Gasteiger partial charge in [-0.1, -0.05) is 26.0 Å². The molecule has 0 amide bonds. The topological polar surface area (TPSA) is 65.0 Å². The van der Waals surface area contributed by atoms with Crippen LogP contribution in [0.2, 0.25) is 0 Å². The molecule has 28 heavy (non-hydrogen) atoms. The average Bonchev–Trinajstić information content (AvgIpc) is 2.70. The minimum atomic E-state index is -0.331. The maximum atomic E-state index is 11.4. The Labute approximate surface area is 167 Å². The summed E-state index contributed by atoms with van der Waals surface area (Å²) in [5, 5.41) is 11.2. The average molecular weight is 386 g/mol. The second-order valence-corrected chi connectivity index (χ2v) is 7.18. The maximum Gasteiger partial charge on any atom is 0.130 e. The van der Waals surface area contributed by atoms with E-state index in [0.29, 0.717) is 29.4 Å². The molecule has 2 rings (SSSR count). The molecule has 0 aromatic heterocycles. The zero-order valence-electron chi connectivity index (χ0n) is 17.3. The summed E-state index contributed by atoms with van der Waals surface area (Å²) in [4.78, 5) is 11.4. The number of hydrogen-bond donors (Lipinski definition) is 1. The molecule has 0 aliphatic carbocycles. The van der Waals surface area contributed by atoms with Gasteiger partial charge in [0.15, 0.2) is 0 Å². The second-order valence-electron chi connectivity index (χ2n) is 7.18. The van der Waals surface area contributed by atoms with E-state index in [1.54, 1.807) is 27.4 Å². The van der Waals surface area contributed by atoms with E-state index >= 15 is 0 Å². The SMILES string of the molecule is COc1ccc(C(CC=O)c2c(OC)cc(OC)c(CCC(C)C)c2O)cc1. The van der Waals surface area contributed by atoms with Crippen LogP contribution in [0.25, 0.3) is 0 Å². The van der Waals surface area contributed by atoms with Crippen molar-refractivity contribution in [2.45, 2.75) is 39.0 Å². The predicted molar refractivity (Wildman–Crippen MR) is 110 cm³/mol. The highest BCUT2D eigenvalue weighted by atomic mass is 16.5. The first-order valence-electron chi connectivity index (χ1n) is 9.51. The number of hydrogen-bond acceptors (Lipinski definition) is 5. The molecule has 0 saturated carbocycles. The fraction of sp³-hybridized carbons (Fsp3) is 0.435. The van der Waals surface area contributed by atoms with Gasteiger partial charge in [0.1, 0.15) is 29.3 Å². The first-order chi connectivity index (χ1) is 13.5. The van der Waals surface area contributed by atoms with Crippen LogP contribution in [0.5, 0.6) is 23.0 Å². The molecule has 0 bridgehead atoms. The Morgan fingerprint density at radius 3 is 2.14 bits per heavy atom. The number of carbonyl (C=O) groups is 1. The third-order valence-electron chi connectivity index (χ3n) is 4.98. The molecule has 1 atom stereocenters. The summed E-state index contributed by atoms with van der Waals surface area (Å²) >= 11 is 0. The molecule has 5 heteroatoms. The van der Waals surface area contributed by atoms with Crippen LogP contribution in [0.1, 0.15) is 49.3 Å². The molecule has 1 unspecified atom stereocenters. The lowest BCUT2D eigenvalue weighted by atomic mass is 9.85. The van der Waals surface area contributed by atoms with Crippen LogP contribution < -0.4 is 14.2 Å². The third-order valence-corrected chi connectivity index (χ3v) is 4.98. The van der Waals surface area contributed by atoms with Gasteiger partial charge in [0, 0.05) is 29.5 Å². The summed E-state index contributed by atoms with van der Waals surface area (Å²) < 4.78 is 16.3. The van der Waals surface area contributed by atoms with Gasteiger partial charge in [-0.15, -0.1) is 0 Å². The molecule has 0 heterocycles. The van der Waals surface area contributed by atoms with Crippen molar-refractivity contribution in [2.24, 2.45) is 5.92 Å². The van der Waals surface area contributed by atoms with Crippen molar-refractivity contribution < 1.29 is 24.1 Å². The van der Waals surface area contributed by atoms with Crippen molar-refractivity contribution >= 4 is 6.29 Å². The Morgan fingerprint density at radius 1 is 1.00 bits per heavy atom. The van der Waals surface area contributed by atoms with Gasteiger partial charge >= 0.3 is 0 Å². The molecular weight excluding hydrogens is 356 g/mol. The molecule has 0 aliphatic heterocycles. The summed E-state index contributed by atoms with van der Waals surface area (Å²) in [5.41, 5.74) is 2.26. The molecule has 0 spiro atoms. The van der Waals surface area contributed by atoms with Crippen molar-refractivity contribution in [3.63, 3.8) is 0 Å². The monoisotopic (exact) mass is 386 g/mol. The number of aldehydes is 1. The van der Waals surface area contributed by atoms with Gasteiger partial charge in [-0.25, -0.2) is 0 Å². The quantitative estimate of drug-likeness (QED) is 0.598. The standard InChI is InChI=1S/C23H30O5/c1-15(2)6-11-19-20(27-4)14-21(28-5)22(23(19)25)18(12-13-24)16-7-9-17(26-3)10-8-16/h7-10,13-15,18,25H,6,11-12H2,1-5H3. The molecule has 1 N–H and O–H groups in total. The van der Waals surface area contributed by atoms with Crippen LogP contribution in [0.15, 0.2) is 30.3 Å². The van der Waals surface area contributed by atoms with E-state index in [-0.39, 0.29) is 18.1 Å². The van der Waals surface area contributed by atoms with Crippen LogP contribution in [0.4, 0.5) is 0 Å². The minimum Gasteiger partial charge on any atom is -0.507 e. The van der Waals surface area contributed by atoms with Crippen molar-refractivity contribution in [1.82, 2.24) is 0 Å². The number of aromatic hydroxyl groups is 1. The Morgan fingerprint density at radius 2 is 1.64 bits per heavy atom. The second kappa shape index (κ2) is 10.0. The predicted octanol–water partition coefficient (Wildman–Crippen LogP) is 4.73. The van der Waals surface area contributed by atoms with E-state index < -0.39 is 0 Å². The molecule has 0 radical (unpaired) electrons. The third kappa shape index (κ3) is 4.77. The van der Waals surface area contributed by atoms with Crippen LogP contribution in [-0.4, -0.2) is 32.7 Å². The highest BCUT2D eigenvalue weighted by Crippen LogP contribution is 2.46. The molecule has 152 valence electrons. The fourth-order valence-corrected chi connectivity index (χ4v) is 3.40. The first kappa shape index (κ1) is 21.6. The highest BCUT2D eigenvalue weighted by molar-refractivity contribution is 5.63. The van der Waals surface area contributed by atoms with Gasteiger partial charge in [0.05, 0.1) is 21.3 Å². The summed E-state index contributed by atoms with van der Waals surface area (Å²) in [5.74, 6) is 2.13. The Balaban J connectivity index is 2.62. The summed E-state index contributed by atoms with van der Waals surface area (Å²) in [6.07, 6.45) is 2.69. The van der Waals surface area contributed by atoms with E-state index in [1.165, 1.54) is 0 Å². The van der Waals surface area contributed by atoms with Crippen molar-refractivity contribution in [3.05, 3.63) is 47.0 Å². The van der Waals surface area contributed by atoms with Crippen LogP contribution in [0.3, 0.4) is 0 Å². The van der Waals surface area contributed by atoms with E-state index in [1.807, 2.05) is 24.3 Å². The number of benzene rings is 2. The maximum absolute atomic E-state index is 11.4. The lowest BCUT2D eigenvalue weighted by molar-refractivity contribution is -0.108. The molecule has 5 nitrogen and oxygen atoms in total. The van der Waals surface area contributed by atoms with Crippen LogP contribution in [-0.2, 0) is 11.2 Å². The lowest BCUT2D eigenvalue weighted by Crippen LogP contribution is -2.08. The van der Waals surface area contributed by atoms with Gasteiger partial charge in [-0.05, 0) is 36.5 Å². The van der Waals surface area contributed by atoms with Crippen molar-refractivity contribution in [2.75, 3.05) is 21.3 Å². The summed E-state index contributed by atoms with van der Waals surface area (Å²) in [6.45, 7) is 4.28. The van der Waals surface area contributed by atoms with E-state index in [2.05, 4.69) is 13.8 Å². The summed E-state index contributed by atoms with van der Waals surface area (Å²) in [7, 11) is 4.74. The van der Waals surface area contributed by atoms with Crippen molar-refractivity contribution in [1.29, 1.82) is 0 Å². The zero-order chi connectivity index (χ0) is 20.7. The lowest BCUT2D eigenvalue weighted by Gasteiger charge is -2.23.